The standard InChI is InChI=1S/C12H11BrFNO/c13-11-6-5-8(14)7-10(11)12(16)15-9-3-1-2-4-9/h1-2,5-7,9H,3-4H2,(H,15,16). The van der Waals surface area contributed by atoms with Crippen LogP contribution in [0.2, 0.25) is 0 Å². The van der Waals surface area contributed by atoms with E-state index in [2.05, 4.69) is 21.2 Å². The third-order valence-corrected chi connectivity index (χ3v) is 3.21. The Bertz CT molecular complexity index is 437. The molecule has 0 bridgehead atoms. The zero-order chi connectivity index (χ0) is 11.5. The van der Waals surface area contributed by atoms with Crippen molar-refractivity contribution in [3.05, 3.63) is 46.2 Å². The van der Waals surface area contributed by atoms with Gasteiger partial charge in [0.1, 0.15) is 5.82 Å². The molecule has 4 heteroatoms. The molecule has 0 saturated heterocycles. The minimum Gasteiger partial charge on any atom is -0.349 e. The highest BCUT2D eigenvalue weighted by molar-refractivity contribution is 9.10. The molecule has 2 nitrogen and oxygen atoms in total. The lowest BCUT2D eigenvalue weighted by atomic mass is 10.1. The smallest absolute Gasteiger partial charge is 0.252 e. The molecular weight excluding hydrogens is 273 g/mol. The van der Waals surface area contributed by atoms with Crippen LogP contribution in [0.15, 0.2) is 34.8 Å². The summed E-state index contributed by atoms with van der Waals surface area (Å²) < 4.78 is 13.6. The fourth-order valence-corrected chi connectivity index (χ4v) is 2.10. The summed E-state index contributed by atoms with van der Waals surface area (Å²) in [7, 11) is 0. The normalized spacial score (nSPS) is 15.4. The van der Waals surface area contributed by atoms with E-state index in [-0.39, 0.29) is 11.9 Å². The van der Waals surface area contributed by atoms with Crippen LogP contribution in [0.1, 0.15) is 23.2 Å². The topological polar surface area (TPSA) is 29.1 Å². The number of halogens is 2. The lowest BCUT2D eigenvalue weighted by Gasteiger charge is -2.12. The molecule has 0 aromatic heterocycles. The van der Waals surface area contributed by atoms with E-state index < -0.39 is 5.82 Å². The van der Waals surface area contributed by atoms with Crippen molar-refractivity contribution in [2.45, 2.75) is 18.9 Å². The monoisotopic (exact) mass is 283 g/mol. The van der Waals surface area contributed by atoms with Crippen LogP contribution in [0.25, 0.3) is 0 Å². The molecule has 0 saturated carbocycles. The fraction of sp³-hybridized carbons (Fsp3) is 0.250. The van der Waals surface area contributed by atoms with Gasteiger partial charge in [-0.05, 0) is 47.0 Å². The molecule has 0 heterocycles. The first kappa shape index (κ1) is 11.3. The third-order valence-electron chi connectivity index (χ3n) is 2.52. The SMILES string of the molecule is O=C(NC1CC=CC1)c1cc(F)ccc1Br. The second-order valence-electron chi connectivity index (χ2n) is 3.74. The van der Waals surface area contributed by atoms with Gasteiger partial charge in [-0.25, -0.2) is 4.39 Å². The zero-order valence-electron chi connectivity index (χ0n) is 8.54. The summed E-state index contributed by atoms with van der Waals surface area (Å²) in [6.45, 7) is 0. The van der Waals surface area contributed by atoms with Crippen molar-refractivity contribution in [3.63, 3.8) is 0 Å². The third kappa shape index (κ3) is 2.50. The summed E-state index contributed by atoms with van der Waals surface area (Å²) in [5, 5.41) is 2.87. The molecule has 84 valence electrons. The molecule has 0 atom stereocenters. The van der Waals surface area contributed by atoms with Gasteiger partial charge in [0.15, 0.2) is 0 Å². The molecule has 1 aromatic rings. The van der Waals surface area contributed by atoms with Gasteiger partial charge in [0.2, 0.25) is 0 Å². The largest absolute Gasteiger partial charge is 0.349 e. The Morgan fingerprint density at radius 3 is 2.75 bits per heavy atom. The first-order valence-corrected chi connectivity index (χ1v) is 5.87. The number of hydrogen-bond acceptors (Lipinski definition) is 1. The van der Waals surface area contributed by atoms with Crippen LogP contribution in [-0.4, -0.2) is 11.9 Å². The van der Waals surface area contributed by atoms with Crippen LogP contribution >= 0.6 is 15.9 Å². The van der Waals surface area contributed by atoms with Gasteiger partial charge in [-0.15, -0.1) is 0 Å². The Hall–Kier alpha value is -1.16. The molecule has 1 amide bonds. The van der Waals surface area contributed by atoms with Crippen LogP contribution in [0.5, 0.6) is 0 Å². The number of nitrogens with one attached hydrogen (secondary N) is 1. The predicted molar refractivity (Wildman–Crippen MR) is 63.7 cm³/mol. The Balaban J connectivity index is 2.10. The number of carbonyl (C=O) groups is 1. The van der Waals surface area contributed by atoms with Gasteiger partial charge in [-0.3, -0.25) is 4.79 Å². The molecule has 1 aromatic carbocycles. The summed E-state index contributed by atoms with van der Waals surface area (Å²) in [4.78, 5) is 11.8. The molecule has 1 aliphatic carbocycles. The summed E-state index contributed by atoms with van der Waals surface area (Å²) >= 11 is 3.24. The van der Waals surface area contributed by atoms with Crippen molar-refractivity contribution in [2.24, 2.45) is 0 Å². The second-order valence-corrected chi connectivity index (χ2v) is 4.59. The van der Waals surface area contributed by atoms with Gasteiger partial charge in [0, 0.05) is 10.5 Å². The predicted octanol–water partition coefficient (Wildman–Crippen LogP) is 3.04. The molecule has 1 N–H and O–H groups in total. The molecule has 0 unspecified atom stereocenters. The van der Waals surface area contributed by atoms with Crippen LogP contribution in [0.4, 0.5) is 4.39 Å². The van der Waals surface area contributed by atoms with E-state index in [1.54, 1.807) is 0 Å². The summed E-state index contributed by atoms with van der Waals surface area (Å²) in [6.07, 6.45) is 5.76. The maximum Gasteiger partial charge on any atom is 0.252 e. The Labute approximate surface area is 102 Å². The highest BCUT2D eigenvalue weighted by atomic mass is 79.9. The van der Waals surface area contributed by atoms with Crippen LogP contribution in [0, 0.1) is 5.82 Å². The van der Waals surface area contributed by atoms with E-state index in [4.69, 9.17) is 0 Å². The average Bonchev–Trinajstić information content (AvgIpc) is 2.74. The minimum atomic E-state index is -0.405. The molecule has 16 heavy (non-hydrogen) atoms. The maximum absolute atomic E-state index is 13.0. The van der Waals surface area contributed by atoms with Crippen molar-refractivity contribution in [1.29, 1.82) is 0 Å². The van der Waals surface area contributed by atoms with E-state index >= 15 is 0 Å². The minimum absolute atomic E-state index is 0.141. The van der Waals surface area contributed by atoms with Gasteiger partial charge in [-0.1, -0.05) is 12.2 Å². The number of amides is 1. The Morgan fingerprint density at radius 1 is 1.38 bits per heavy atom. The van der Waals surface area contributed by atoms with Gasteiger partial charge < -0.3 is 5.32 Å². The Morgan fingerprint density at radius 2 is 2.06 bits per heavy atom. The average molecular weight is 284 g/mol. The molecule has 1 aliphatic rings. The van der Waals surface area contributed by atoms with Crippen molar-refractivity contribution in [1.82, 2.24) is 5.32 Å². The van der Waals surface area contributed by atoms with E-state index in [1.165, 1.54) is 18.2 Å². The summed E-state index contributed by atoms with van der Waals surface area (Å²) in [6, 6.07) is 4.24. The van der Waals surface area contributed by atoms with E-state index in [9.17, 15) is 9.18 Å². The maximum atomic E-state index is 13.0. The molecular formula is C12H11BrFNO. The molecule has 0 spiro atoms. The first-order chi connectivity index (χ1) is 7.66. The number of benzene rings is 1. The van der Waals surface area contributed by atoms with Crippen LogP contribution < -0.4 is 5.32 Å². The van der Waals surface area contributed by atoms with Gasteiger partial charge in [0.05, 0.1) is 5.56 Å². The van der Waals surface area contributed by atoms with Crippen molar-refractivity contribution in [3.8, 4) is 0 Å². The quantitative estimate of drug-likeness (QED) is 0.831. The van der Waals surface area contributed by atoms with Crippen LogP contribution in [-0.2, 0) is 0 Å². The number of rotatable bonds is 2. The van der Waals surface area contributed by atoms with Gasteiger partial charge >= 0.3 is 0 Å². The fourth-order valence-electron chi connectivity index (χ4n) is 1.67. The van der Waals surface area contributed by atoms with Gasteiger partial charge in [-0.2, -0.15) is 0 Å². The first-order valence-electron chi connectivity index (χ1n) is 5.08. The van der Waals surface area contributed by atoms with Crippen LogP contribution in [0.3, 0.4) is 0 Å². The lowest BCUT2D eigenvalue weighted by Crippen LogP contribution is -2.33. The number of hydrogen-bond donors (Lipinski definition) is 1. The second kappa shape index (κ2) is 4.78. The summed E-state index contributed by atoms with van der Waals surface area (Å²) in [5.74, 6) is -0.641. The molecule has 0 radical (unpaired) electrons. The molecule has 2 rings (SSSR count). The highest BCUT2D eigenvalue weighted by Gasteiger charge is 2.16. The zero-order valence-corrected chi connectivity index (χ0v) is 10.1. The van der Waals surface area contributed by atoms with Crippen molar-refractivity contribution >= 4 is 21.8 Å². The van der Waals surface area contributed by atoms with Crippen molar-refractivity contribution < 1.29 is 9.18 Å². The molecule has 0 fully saturated rings. The highest BCUT2D eigenvalue weighted by Crippen LogP contribution is 2.19. The van der Waals surface area contributed by atoms with Crippen molar-refractivity contribution in [2.75, 3.05) is 0 Å². The van der Waals surface area contributed by atoms with E-state index in [0.29, 0.717) is 10.0 Å². The molecule has 0 aliphatic heterocycles. The Kier molecular flexibility index (Phi) is 3.39. The van der Waals surface area contributed by atoms with E-state index in [1.807, 2.05) is 12.2 Å². The lowest BCUT2D eigenvalue weighted by molar-refractivity contribution is 0.0937. The van der Waals surface area contributed by atoms with E-state index in [0.717, 1.165) is 12.8 Å². The van der Waals surface area contributed by atoms with Gasteiger partial charge in [0.25, 0.3) is 5.91 Å². The summed E-state index contributed by atoms with van der Waals surface area (Å²) in [5.41, 5.74) is 0.340. The number of carbonyl (C=O) groups excluding carboxylic acids is 1.